The molecule has 2 heterocycles. The predicted molar refractivity (Wildman–Crippen MR) is 93.4 cm³/mol. The van der Waals surface area contributed by atoms with Gasteiger partial charge in [-0.1, -0.05) is 11.6 Å². The van der Waals surface area contributed by atoms with E-state index in [0.717, 1.165) is 0 Å². The van der Waals surface area contributed by atoms with Crippen LogP contribution in [0.4, 0.5) is 10.5 Å². The number of benzene rings is 1. The van der Waals surface area contributed by atoms with Gasteiger partial charge < -0.3 is 19.7 Å². The van der Waals surface area contributed by atoms with Crippen LogP contribution in [0.1, 0.15) is 10.4 Å². The van der Waals surface area contributed by atoms with Crippen molar-refractivity contribution in [3.8, 4) is 0 Å². The summed E-state index contributed by atoms with van der Waals surface area (Å²) in [6, 6.07) is 8.62. The molecular formula is C17H19ClN4O2. The van der Waals surface area contributed by atoms with Crippen molar-refractivity contribution in [1.82, 2.24) is 14.4 Å². The molecule has 1 saturated heterocycles. The van der Waals surface area contributed by atoms with Crippen molar-refractivity contribution in [3.63, 3.8) is 0 Å². The number of amides is 3. The highest BCUT2D eigenvalue weighted by Crippen LogP contribution is 2.15. The average Bonchev–Trinajstić information content (AvgIpc) is 3.03. The molecule has 24 heavy (non-hydrogen) atoms. The Morgan fingerprint density at radius 3 is 2.21 bits per heavy atom. The second-order valence-electron chi connectivity index (χ2n) is 5.78. The van der Waals surface area contributed by atoms with E-state index in [-0.39, 0.29) is 11.9 Å². The van der Waals surface area contributed by atoms with E-state index in [9.17, 15) is 9.59 Å². The lowest BCUT2D eigenvalue weighted by Crippen LogP contribution is -2.51. The van der Waals surface area contributed by atoms with Gasteiger partial charge in [-0.05, 0) is 30.3 Å². The van der Waals surface area contributed by atoms with Crippen LogP contribution in [0.2, 0.25) is 5.02 Å². The number of piperazine rings is 1. The van der Waals surface area contributed by atoms with Gasteiger partial charge in [-0.2, -0.15) is 0 Å². The summed E-state index contributed by atoms with van der Waals surface area (Å²) in [5.74, 6) is 0.00774. The minimum atomic E-state index is -0.163. The van der Waals surface area contributed by atoms with Crippen molar-refractivity contribution in [2.75, 3.05) is 31.5 Å². The molecule has 0 saturated carbocycles. The van der Waals surface area contributed by atoms with E-state index in [1.165, 1.54) is 0 Å². The predicted octanol–water partition coefficient (Wildman–Crippen LogP) is 2.67. The van der Waals surface area contributed by atoms with E-state index in [1.807, 2.05) is 30.1 Å². The second kappa shape index (κ2) is 6.97. The molecule has 0 radical (unpaired) electrons. The molecule has 1 aliphatic heterocycles. The van der Waals surface area contributed by atoms with Gasteiger partial charge in [-0.15, -0.1) is 0 Å². The monoisotopic (exact) mass is 346 g/mol. The van der Waals surface area contributed by atoms with Gasteiger partial charge in [0.25, 0.3) is 5.91 Å². The first-order valence-electron chi connectivity index (χ1n) is 7.76. The molecule has 126 valence electrons. The molecule has 7 heteroatoms. The number of anilines is 1. The number of aryl methyl sites for hydroxylation is 1. The minimum absolute atomic E-state index is 0.00774. The molecule has 0 atom stereocenters. The molecule has 0 aliphatic carbocycles. The van der Waals surface area contributed by atoms with Crippen LogP contribution in [0.3, 0.4) is 0 Å². The van der Waals surface area contributed by atoms with Crippen molar-refractivity contribution in [2.24, 2.45) is 7.05 Å². The molecule has 0 bridgehead atoms. The number of urea groups is 1. The summed E-state index contributed by atoms with van der Waals surface area (Å²) in [7, 11) is 1.88. The van der Waals surface area contributed by atoms with Crippen LogP contribution in [-0.2, 0) is 7.05 Å². The zero-order valence-electron chi connectivity index (χ0n) is 13.4. The largest absolute Gasteiger partial charge is 0.356 e. The van der Waals surface area contributed by atoms with E-state index in [4.69, 9.17) is 11.6 Å². The Bertz CT molecular complexity index is 733. The number of nitrogens with one attached hydrogen (secondary N) is 1. The van der Waals surface area contributed by atoms with Crippen molar-refractivity contribution in [1.29, 1.82) is 0 Å². The number of nitrogens with zero attached hydrogens (tertiary/aromatic N) is 3. The van der Waals surface area contributed by atoms with Gasteiger partial charge in [0.2, 0.25) is 0 Å². The van der Waals surface area contributed by atoms with Gasteiger partial charge in [0.1, 0.15) is 0 Å². The Kier molecular flexibility index (Phi) is 4.76. The normalized spacial score (nSPS) is 14.6. The summed E-state index contributed by atoms with van der Waals surface area (Å²) >= 11 is 5.83. The van der Waals surface area contributed by atoms with Crippen LogP contribution in [-0.4, -0.2) is 52.5 Å². The first-order valence-corrected chi connectivity index (χ1v) is 8.13. The summed E-state index contributed by atoms with van der Waals surface area (Å²) in [6.07, 6.45) is 3.66. The lowest BCUT2D eigenvalue weighted by molar-refractivity contribution is 0.0671. The number of rotatable bonds is 2. The summed E-state index contributed by atoms with van der Waals surface area (Å²) in [4.78, 5) is 28.2. The molecule has 6 nitrogen and oxygen atoms in total. The fraction of sp³-hybridized carbons (Fsp3) is 0.294. The molecule has 3 amide bonds. The van der Waals surface area contributed by atoms with Crippen LogP contribution < -0.4 is 5.32 Å². The van der Waals surface area contributed by atoms with Gasteiger partial charge in [0.05, 0.1) is 5.56 Å². The Morgan fingerprint density at radius 1 is 1.00 bits per heavy atom. The van der Waals surface area contributed by atoms with Crippen LogP contribution in [0.25, 0.3) is 0 Å². The van der Waals surface area contributed by atoms with Gasteiger partial charge in [0, 0.05) is 56.3 Å². The third-order valence-electron chi connectivity index (χ3n) is 4.03. The number of hydrogen-bond acceptors (Lipinski definition) is 2. The van der Waals surface area contributed by atoms with Crippen molar-refractivity contribution >= 4 is 29.2 Å². The molecule has 3 rings (SSSR count). The first-order chi connectivity index (χ1) is 11.5. The fourth-order valence-electron chi connectivity index (χ4n) is 2.66. The fourth-order valence-corrected chi connectivity index (χ4v) is 2.79. The first kappa shape index (κ1) is 16.4. The van der Waals surface area contributed by atoms with E-state index >= 15 is 0 Å². The highest BCUT2D eigenvalue weighted by molar-refractivity contribution is 6.30. The van der Waals surface area contributed by atoms with E-state index < -0.39 is 0 Å². The molecule has 0 spiro atoms. The lowest BCUT2D eigenvalue weighted by Gasteiger charge is -2.34. The Labute approximate surface area is 145 Å². The second-order valence-corrected chi connectivity index (χ2v) is 6.22. The van der Waals surface area contributed by atoms with Crippen molar-refractivity contribution in [3.05, 3.63) is 53.3 Å². The molecule has 1 N–H and O–H groups in total. The smallest absolute Gasteiger partial charge is 0.321 e. The summed E-state index contributed by atoms with van der Waals surface area (Å²) in [5.41, 5.74) is 1.38. The maximum absolute atomic E-state index is 12.4. The van der Waals surface area contributed by atoms with Crippen LogP contribution in [0, 0.1) is 0 Å². The molecule has 1 aliphatic rings. The summed E-state index contributed by atoms with van der Waals surface area (Å²) in [5, 5.41) is 3.47. The molecule has 1 aromatic heterocycles. The molecule has 2 aromatic rings. The van der Waals surface area contributed by atoms with E-state index in [1.54, 1.807) is 34.1 Å². The molecular weight excluding hydrogens is 328 g/mol. The summed E-state index contributed by atoms with van der Waals surface area (Å²) in [6.45, 7) is 2.08. The van der Waals surface area contributed by atoms with E-state index in [0.29, 0.717) is 42.5 Å². The Morgan fingerprint density at radius 2 is 1.62 bits per heavy atom. The topological polar surface area (TPSA) is 57.6 Å². The zero-order chi connectivity index (χ0) is 17.1. The van der Waals surface area contributed by atoms with Crippen molar-refractivity contribution in [2.45, 2.75) is 0 Å². The number of carbonyl (C=O) groups is 2. The van der Waals surface area contributed by atoms with Crippen molar-refractivity contribution < 1.29 is 9.59 Å². The van der Waals surface area contributed by atoms with Crippen LogP contribution in [0.15, 0.2) is 42.7 Å². The Hall–Kier alpha value is -2.47. The third kappa shape index (κ3) is 3.71. The van der Waals surface area contributed by atoms with Crippen LogP contribution in [0.5, 0.6) is 0 Å². The Balaban J connectivity index is 1.53. The minimum Gasteiger partial charge on any atom is -0.356 e. The van der Waals surface area contributed by atoms with E-state index in [2.05, 4.69) is 5.32 Å². The maximum Gasteiger partial charge on any atom is 0.321 e. The number of hydrogen-bond donors (Lipinski definition) is 1. The molecule has 0 unspecified atom stereocenters. The van der Waals surface area contributed by atoms with Gasteiger partial charge in [0.15, 0.2) is 0 Å². The highest BCUT2D eigenvalue weighted by Gasteiger charge is 2.25. The standard InChI is InChI=1S/C17H19ClN4O2/c1-20-7-6-13(12-20)16(23)21-8-10-22(11-9-21)17(24)19-15-4-2-14(18)3-5-15/h2-7,12H,8-11H2,1H3,(H,19,24). The molecule has 1 aromatic carbocycles. The SMILES string of the molecule is Cn1ccc(C(=O)N2CCN(C(=O)Nc3ccc(Cl)cc3)CC2)c1. The quantitative estimate of drug-likeness (QED) is 0.908. The lowest BCUT2D eigenvalue weighted by atomic mass is 10.2. The summed E-state index contributed by atoms with van der Waals surface area (Å²) < 4.78 is 1.85. The van der Waals surface area contributed by atoms with Gasteiger partial charge >= 0.3 is 6.03 Å². The van der Waals surface area contributed by atoms with Gasteiger partial charge in [-0.25, -0.2) is 4.79 Å². The highest BCUT2D eigenvalue weighted by atomic mass is 35.5. The number of carbonyl (C=O) groups excluding carboxylic acids is 2. The zero-order valence-corrected chi connectivity index (χ0v) is 14.2. The third-order valence-corrected chi connectivity index (χ3v) is 4.28. The van der Waals surface area contributed by atoms with Crippen LogP contribution >= 0.6 is 11.6 Å². The number of halogens is 1. The molecule has 1 fully saturated rings. The average molecular weight is 347 g/mol. The number of aromatic nitrogens is 1. The maximum atomic E-state index is 12.4. The van der Waals surface area contributed by atoms with Gasteiger partial charge in [-0.3, -0.25) is 4.79 Å².